The van der Waals surface area contributed by atoms with Gasteiger partial charge >= 0.3 is 0 Å². The zero-order valence-electron chi connectivity index (χ0n) is 12.3. The Bertz CT molecular complexity index is 366. The summed E-state index contributed by atoms with van der Waals surface area (Å²) in [6.45, 7) is 5.42. The van der Waals surface area contributed by atoms with Crippen LogP contribution in [0.2, 0.25) is 0 Å². The van der Waals surface area contributed by atoms with Gasteiger partial charge in [-0.05, 0) is 37.7 Å². The monoisotopic (exact) mass is 261 g/mol. The summed E-state index contributed by atoms with van der Waals surface area (Å²) in [5.74, 6) is 0. The summed E-state index contributed by atoms with van der Waals surface area (Å²) < 4.78 is 5.76. The minimum Gasteiger partial charge on any atom is -0.378 e. The zero-order valence-corrected chi connectivity index (χ0v) is 12.3. The van der Waals surface area contributed by atoms with Crippen LogP contribution < -0.4 is 5.73 Å². The Morgan fingerprint density at radius 2 is 1.95 bits per heavy atom. The lowest BCUT2D eigenvalue weighted by atomic mass is 9.69. The van der Waals surface area contributed by atoms with E-state index in [9.17, 15) is 0 Å². The molecule has 0 aromatic heterocycles. The van der Waals surface area contributed by atoms with Crippen LogP contribution in [0, 0.1) is 0 Å². The quantitative estimate of drug-likeness (QED) is 0.848. The second kappa shape index (κ2) is 6.53. The van der Waals surface area contributed by atoms with Gasteiger partial charge in [0, 0.05) is 18.1 Å². The summed E-state index contributed by atoms with van der Waals surface area (Å²) in [7, 11) is 0. The van der Waals surface area contributed by atoms with Gasteiger partial charge in [-0.1, -0.05) is 44.2 Å². The van der Waals surface area contributed by atoms with E-state index in [0.29, 0.717) is 6.10 Å². The number of benzene rings is 1. The van der Waals surface area contributed by atoms with Crippen LogP contribution in [0.25, 0.3) is 0 Å². The maximum Gasteiger partial charge on any atom is 0.0591 e. The molecule has 19 heavy (non-hydrogen) atoms. The average molecular weight is 261 g/mol. The summed E-state index contributed by atoms with van der Waals surface area (Å²) in [6.07, 6.45) is 5.88. The maximum atomic E-state index is 6.61. The third-order valence-electron chi connectivity index (χ3n) is 4.86. The van der Waals surface area contributed by atoms with Crippen LogP contribution in [0.15, 0.2) is 30.3 Å². The molecule has 2 unspecified atom stereocenters. The molecule has 106 valence electrons. The molecule has 1 aliphatic heterocycles. The number of ether oxygens (including phenoxy) is 1. The molecule has 1 aliphatic rings. The average Bonchev–Trinajstić information content (AvgIpc) is 2.95. The number of nitrogens with two attached hydrogens (primary N) is 1. The van der Waals surface area contributed by atoms with Crippen LogP contribution in [-0.4, -0.2) is 18.8 Å². The molecule has 2 rings (SSSR count). The normalized spacial score (nSPS) is 21.5. The Morgan fingerprint density at radius 1 is 1.26 bits per heavy atom. The molecule has 1 fully saturated rings. The highest BCUT2D eigenvalue weighted by Gasteiger charge is 2.36. The van der Waals surface area contributed by atoms with Crippen molar-refractivity contribution in [3.63, 3.8) is 0 Å². The van der Waals surface area contributed by atoms with Crippen molar-refractivity contribution in [1.29, 1.82) is 0 Å². The molecule has 1 aromatic carbocycles. The largest absolute Gasteiger partial charge is 0.378 e. The topological polar surface area (TPSA) is 35.2 Å². The predicted octanol–water partition coefficient (Wildman–Crippen LogP) is 3.64. The highest BCUT2D eigenvalue weighted by molar-refractivity contribution is 5.27. The molecule has 2 N–H and O–H groups in total. The SMILES string of the molecule is CCC(CC)(c1ccccc1)C(N)CC1CCCO1. The molecular formula is C17H27NO. The van der Waals surface area contributed by atoms with Crippen molar-refractivity contribution in [3.8, 4) is 0 Å². The van der Waals surface area contributed by atoms with Crippen LogP contribution in [0.1, 0.15) is 51.5 Å². The van der Waals surface area contributed by atoms with Gasteiger partial charge in [0.25, 0.3) is 0 Å². The van der Waals surface area contributed by atoms with E-state index in [2.05, 4.69) is 44.2 Å². The molecule has 0 aliphatic carbocycles. The third-order valence-corrected chi connectivity index (χ3v) is 4.86. The van der Waals surface area contributed by atoms with Gasteiger partial charge in [0.2, 0.25) is 0 Å². The van der Waals surface area contributed by atoms with E-state index < -0.39 is 0 Å². The van der Waals surface area contributed by atoms with E-state index in [4.69, 9.17) is 10.5 Å². The molecule has 2 atom stereocenters. The maximum absolute atomic E-state index is 6.61. The highest BCUT2D eigenvalue weighted by Crippen LogP contribution is 2.37. The first kappa shape index (κ1) is 14.5. The Balaban J connectivity index is 2.17. The van der Waals surface area contributed by atoms with E-state index in [1.54, 1.807) is 0 Å². The fourth-order valence-electron chi connectivity index (χ4n) is 3.51. The standard InChI is InChI=1S/C17H27NO/c1-3-17(4-2,14-9-6-5-7-10-14)16(18)13-15-11-8-12-19-15/h5-7,9-10,15-16H,3-4,8,11-13,18H2,1-2H3. The molecule has 0 saturated carbocycles. The molecule has 0 bridgehead atoms. The third kappa shape index (κ3) is 3.01. The summed E-state index contributed by atoms with van der Waals surface area (Å²) >= 11 is 0. The van der Waals surface area contributed by atoms with Gasteiger partial charge in [-0.15, -0.1) is 0 Å². The lowest BCUT2D eigenvalue weighted by molar-refractivity contribution is 0.0872. The second-order valence-corrected chi connectivity index (χ2v) is 5.71. The van der Waals surface area contributed by atoms with E-state index >= 15 is 0 Å². The summed E-state index contributed by atoms with van der Waals surface area (Å²) in [6, 6.07) is 10.9. The van der Waals surface area contributed by atoms with E-state index in [1.807, 2.05) is 0 Å². The molecule has 1 heterocycles. The number of hydrogen-bond acceptors (Lipinski definition) is 2. The van der Waals surface area contributed by atoms with Crippen LogP contribution in [0.3, 0.4) is 0 Å². The van der Waals surface area contributed by atoms with Crippen LogP contribution >= 0.6 is 0 Å². The van der Waals surface area contributed by atoms with Crippen LogP contribution in [0.4, 0.5) is 0 Å². The Morgan fingerprint density at radius 3 is 2.47 bits per heavy atom. The van der Waals surface area contributed by atoms with Crippen molar-refractivity contribution in [1.82, 2.24) is 0 Å². The van der Waals surface area contributed by atoms with Crippen molar-refractivity contribution in [2.24, 2.45) is 5.73 Å². The van der Waals surface area contributed by atoms with Gasteiger partial charge in [-0.2, -0.15) is 0 Å². The minimum atomic E-state index is 0.0905. The van der Waals surface area contributed by atoms with Crippen LogP contribution in [0.5, 0.6) is 0 Å². The summed E-state index contributed by atoms with van der Waals surface area (Å²) in [4.78, 5) is 0. The van der Waals surface area contributed by atoms with Gasteiger partial charge < -0.3 is 10.5 Å². The molecule has 0 spiro atoms. The second-order valence-electron chi connectivity index (χ2n) is 5.71. The minimum absolute atomic E-state index is 0.0905. The number of hydrogen-bond donors (Lipinski definition) is 1. The van der Waals surface area contributed by atoms with Gasteiger partial charge in [0.05, 0.1) is 6.10 Å². The molecule has 1 aromatic rings. The first-order chi connectivity index (χ1) is 9.23. The molecule has 0 radical (unpaired) electrons. The molecule has 2 nitrogen and oxygen atoms in total. The van der Waals surface area contributed by atoms with Crippen molar-refractivity contribution >= 4 is 0 Å². The van der Waals surface area contributed by atoms with Gasteiger partial charge in [0.15, 0.2) is 0 Å². The molecule has 0 amide bonds. The Labute approximate surface area is 117 Å². The van der Waals surface area contributed by atoms with Crippen LogP contribution in [-0.2, 0) is 10.2 Å². The Kier molecular flexibility index (Phi) is 5.00. The van der Waals surface area contributed by atoms with Gasteiger partial charge in [-0.25, -0.2) is 0 Å². The first-order valence-corrected chi connectivity index (χ1v) is 7.65. The van der Waals surface area contributed by atoms with E-state index in [-0.39, 0.29) is 11.5 Å². The highest BCUT2D eigenvalue weighted by atomic mass is 16.5. The van der Waals surface area contributed by atoms with E-state index in [1.165, 1.54) is 18.4 Å². The molecular weight excluding hydrogens is 234 g/mol. The fourth-order valence-corrected chi connectivity index (χ4v) is 3.51. The smallest absolute Gasteiger partial charge is 0.0591 e. The molecule has 1 saturated heterocycles. The van der Waals surface area contributed by atoms with E-state index in [0.717, 1.165) is 25.9 Å². The number of rotatable bonds is 6. The van der Waals surface area contributed by atoms with Crippen molar-refractivity contribution in [3.05, 3.63) is 35.9 Å². The molecule has 2 heteroatoms. The van der Waals surface area contributed by atoms with Gasteiger partial charge in [0.1, 0.15) is 0 Å². The first-order valence-electron chi connectivity index (χ1n) is 7.65. The Hall–Kier alpha value is -0.860. The lowest BCUT2D eigenvalue weighted by Gasteiger charge is -2.39. The fraction of sp³-hybridized carbons (Fsp3) is 0.647. The summed E-state index contributed by atoms with van der Waals surface area (Å²) in [5.41, 5.74) is 8.08. The summed E-state index contributed by atoms with van der Waals surface area (Å²) in [5, 5.41) is 0. The lowest BCUT2D eigenvalue weighted by Crippen LogP contribution is -2.46. The van der Waals surface area contributed by atoms with Gasteiger partial charge in [-0.3, -0.25) is 0 Å². The van der Waals surface area contributed by atoms with Crippen molar-refractivity contribution < 1.29 is 4.74 Å². The van der Waals surface area contributed by atoms with Crippen molar-refractivity contribution in [2.45, 2.75) is 63.5 Å². The predicted molar refractivity (Wildman–Crippen MR) is 80.3 cm³/mol. The van der Waals surface area contributed by atoms with Crippen molar-refractivity contribution in [2.75, 3.05) is 6.61 Å². The zero-order chi connectivity index (χ0) is 13.7.